The summed E-state index contributed by atoms with van der Waals surface area (Å²) in [5, 5.41) is 46.4. The zero-order valence-electron chi connectivity index (χ0n) is 18.6. The number of rotatable bonds is 2. The molecule has 8 atom stereocenters. The van der Waals surface area contributed by atoms with Crippen molar-refractivity contribution < 1.29 is 39.5 Å². The Morgan fingerprint density at radius 2 is 1.77 bits per heavy atom. The third-order valence-electron chi connectivity index (χ3n) is 8.20. The third kappa shape index (κ3) is 2.45. The molecule has 0 bridgehead atoms. The van der Waals surface area contributed by atoms with Crippen LogP contribution in [0.15, 0.2) is 12.7 Å². The van der Waals surface area contributed by atoms with Crippen molar-refractivity contribution in [2.45, 2.75) is 95.6 Å². The molecule has 0 aromatic heterocycles. The molecule has 8 nitrogen and oxygen atoms in total. The summed E-state index contributed by atoms with van der Waals surface area (Å²) in [6, 6.07) is 0. The lowest BCUT2D eigenvalue weighted by Crippen LogP contribution is -2.90. The zero-order chi connectivity index (χ0) is 23.1. The minimum absolute atomic E-state index is 0.260. The van der Waals surface area contributed by atoms with E-state index in [1.165, 1.54) is 19.9 Å². The van der Waals surface area contributed by atoms with E-state index < -0.39 is 63.3 Å². The van der Waals surface area contributed by atoms with Crippen LogP contribution in [-0.4, -0.2) is 67.0 Å². The second-order valence-corrected chi connectivity index (χ2v) is 10.5. The molecule has 3 rings (SSSR count). The van der Waals surface area contributed by atoms with Gasteiger partial charge in [0.25, 0.3) is 5.79 Å². The van der Waals surface area contributed by atoms with Crippen LogP contribution in [-0.2, 0) is 19.1 Å². The van der Waals surface area contributed by atoms with Gasteiger partial charge in [0.05, 0.1) is 11.7 Å². The predicted octanol–water partition coefficient (Wildman–Crippen LogP) is 0.840. The van der Waals surface area contributed by atoms with Gasteiger partial charge in [0.2, 0.25) is 0 Å². The second-order valence-electron chi connectivity index (χ2n) is 10.5. The lowest BCUT2D eigenvalue weighted by Gasteiger charge is -2.72. The van der Waals surface area contributed by atoms with Gasteiger partial charge >= 0.3 is 5.97 Å². The van der Waals surface area contributed by atoms with Crippen LogP contribution in [0.2, 0.25) is 0 Å². The van der Waals surface area contributed by atoms with Gasteiger partial charge in [0.15, 0.2) is 17.0 Å². The number of carbonyl (C=O) groups excluding carboxylic acids is 2. The summed E-state index contributed by atoms with van der Waals surface area (Å²) in [6.45, 7) is 12.7. The van der Waals surface area contributed by atoms with Crippen molar-refractivity contribution in [1.82, 2.24) is 0 Å². The van der Waals surface area contributed by atoms with Gasteiger partial charge in [-0.1, -0.05) is 26.8 Å². The molecule has 170 valence electrons. The molecule has 0 unspecified atom stereocenters. The van der Waals surface area contributed by atoms with Crippen LogP contribution in [0.3, 0.4) is 0 Å². The number of carbonyl (C=O) groups is 2. The Bertz CT molecular complexity index is 794. The Balaban J connectivity index is 2.40. The maximum absolute atomic E-state index is 13.6. The normalized spacial score (nSPS) is 52.7. The maximum atomic E-state index is 13.6. The van der Waals surface area contributed by atoms with Crippen LogP contribution in [0.25, 0.3) is 0 Å². The molecular formula is C22H34O8. The van der Waals surface area contributed by atoms with E-state index in [0.717, 1.165) is 6.92 Å². The lowest BCUT2D eigenvalue weighted by atomic mass is 9.39. The number of fused-ring (bicyclic) bond motifs is 3. The molecule has 3 fully saturated rings. The molecule has 30 heavy (non-hydrogen) atoms. The number of aliphatic hydroxyl groups is 4. The van der Waals surface area contributed by atoms with Crippen LogP contribution >= 0.6 is 0 Å². The summed E-state index contributed by atoms with van der Waals surface area (Å²) in [7, 11) is 0. The quantitative estimate of drug-likeness (QED) is 0.290. The van der Waals surface area contributed by atoms with E-state index in [9.17, 15) is 30.0 Å². The summed E-state index contributed by atoms with van der Waals surface area (Å²) in [4.78, 5) is 25.6. The number of hydrogen-bond donors (Lipinski definition) is 4. The van der Waals surface area contributed by atoms with E-state index in [-0.39, 0.29) is 12.8 Å². The summed E-state index contributed by atoms with van der Waals surface area (Å²) in [5.41, 5.74) is -8.35. The molecule has 0 aromatic rings. The van der Waals surface area contributed by atoms with Gasteiger partial charge in [-0.15, -0.1) is 6.58 Å². The van der Waals surface area contributed by atoms with E-state index in [1.54, 1.807) is 6.92 Å². The summed E-state index contributed by atoms with van der Waals surface area (Å²) >= 11 is 0. The number of Topliss-reactive ketones (excluding diaryl/α,β-unsaturated/α-hetero) is 1. The number of ether oxygens (including phenoxy) is 2. The van der Waals surface area contributed by atoms with E-state index >= 15 is 0 Å². The first-order chi connectivity index (χ1) is 13.5. The molecule has 3 aliphatic rings. The maximum Gasteiger partial charge on any atom is 0.305 e. The van der Waals surface area contributed by atoms with E-state index in [0.29, 0.717) is 6.42 Å². The van der Waals surface area contributed by atoms with E-state index in [1.807, 2.05) is 13.8 Å². The molecule has 0 amide bonds. The van der Waals surface area contributed by atoms with Crippen molar-refractivity contribution in [3.63, 3.8) is 0 Å². The minimum Gasteiger partial charge on any atom is -0.427 e. The smallest absolute Gasteiger partial charge is 0.305 e. The summed E-state index contributed by atoms with van der Waals surface area (Å²) < 4.78 is 11.4. The highest BCUT2D eigenvalue weighted by molar-refractivity contribution is 5.92. The summed E-state index contributed by atoms with van der Waals surface area (Å²) in [6.07, 6.45) is -1.06. The first kappa shape index (κ1) is 23.3. The highest BCUT2D eigenvalue weighted by Crippen LogP contribution is 2.68. The topological polar surface area (TPSA) is 134 Å². The molecular weight excluding hydrogens is 392 g/mol. The Labute approximate surface area is 176 Å². The molecule has 0 spiro atoms. The molecule has 2 aliphatic carbocycles. The molecule has 1 heterocycles. The SMILES string of the molecule is C=C[C@@]1(C)CC(=O)[C@]2(O)[C@@]3(C)[C@@H](O)CCC(C)(C)[C@@H]3[C@H](O)[C@](O)(OC(C)=O)[C@]2(C)O1. The van der Waals surface area contributed by atoms with Crippen LogP contribution in [0.5, 0.6) is 0 Å². The molecule has 4 N–H and O–H groups in total. The monoisotopic (exact) mass is 426 g/mol. The van der Waals surface area contributed by atoms with E-state index in [2.05, 4.69) is 6.58 Å². The van der Waals surface area contributed by atoms with Crippen LogP contribution in [0.4, 0.5) is 0 Å². The molecule has 0 radical (unpaired) electrons. The Kier molecular flexibility index (Phi) is 4.95. The van der Waals surface area contributed by atoms with Gasteiger partial charge < -0.3 is 29.9 Å². The van der Waals surface area contributed by atoms with Crippen molar-refractivity contribution in [1.29, 1.82) is 0 Å². The van der Waals surface area contributed by atoms with Crippen LogP contribution in [0, 0.1) is 16.7 Å². The fourth-order valence-electron chi connectivity index (χ4n) is 6.64. The fourth-order valence-corrected chi connectivity index (χ4v) is 6.64. The van der Waals surface area contributed by atoms with Gasteiger partial charge in [-0.05, 0) is 32.1 Å². The van der Waals surface area contributed by atoms with Crippen molar-refractivity contribution in [3.05, 3.63) is 12.7 Å². The molecule has 0 aromatic carbocycles. The van der Waals surface area contributed by atoms with Gasteiger partial charge in [-0.2, -0.15) is 0 Å². The van der Waals surface area contributed by atoms with Gasteiger partial charge in [0, 0.05) is 24.7 Å². The largest absolute Gasteiger partial charge is 0.427 e. The Morgan fingerprint density at radius 3 is 2.27 bits per heavy atom. The first-order valence-corrected chi connectivity index (χ1v) is 10.3. The molecule has 2 saturated carbocycles. The fraction of sp³-hybridized carbons (Fsp3) is 0.818. The lowest BCUT2D eigenvalue weighted by molar-refractivity contribution is -0.445. The number of aliphatic hydroxyl groups excluding tert-OH is 2. The number of ketones is 1. The minimum atomic E-state index is -2.76. The molecule has 1 aliphatic heterocycles. The van der Waals surface area contributed by atoms with Crippen molar-refractivity contribution in [2.75, 3.05) is 0 Å². The van der Waals surface area contributed by atoms with Crippen LogP contribution < -0.4 is 0 Å². The van der Waals surface area contributed by atoms with Crippen LogP contribution in [0.1, 0.15) is 60.8 Å². The molecule has 8 heteroatoms. The van der Waals surface area contributed by atoms with Crippen molar-refractivity contribution >= 4 is 11.8 Å². The summed E-state index contributed by atoms with van der Waals surface area (Å²) in [5.74, 6) is -5.34. The average Bonchev–Trinajstić information content (AvgIpc) is 2.61. The third-order valence-corrected chi connectivity index (χ3v) is 8.20. The molecule has 1 saturated heterocycles. The van der Waals surface area contributed by atoms with Crippen molar-refractivity contribution in [2.24, 2.45) is 16.7 Å². The van der Waals surface area contributed by atoms with Gasteiger partial charge in [-0.3, -0.25) is 9.59 Å². The van der Waals surface area contributed by atoms with E-state index in [4.69, 9.17) is 9.47 Å². The highest BCUT2D eigenvalue weighted by Gasteiger charge is 2.86. The number of esters is 1. The van der Waals surface area contributed by atoms with Crippen molar-refractivity contribution in [3.8, 4) is 0 Å². The zero-order valence-corrected chi connectivity index (χ0v) is 18.6. The number of hydrogen-bond acceptors (Lipinski definition) is 8. The Hall–Kier alpha value is -1.32. The predicted molar refractivity (Wildman–Crippen MR) is 106 cm³/mol. The van der Waals surface area contributed by atoms with Gasteiger partial charge in [-0.25, -0.2) is 0 Å². The standard InChI is InChI=1S/C22H34O8/c1-8-18(5)11-14(25)21(27)19(6)13(24)9-10-17(3,4)15(19)16(26)22(28,29-12(2)23)20(21,7)30-18/h8,13,15-16,24,26-28H,1,9-11H2,2-7H3/t13-,15-,16-,18-,19-,20+,21-,22-/m0/s1. The van der Waals surface area contributed by atoms with Gasteiger partial charge in [0.1, 0.15) is 6.10 Å². The highest BCUT2D eigenvalue weighted by atomic mass is 16.7. The Morgan fingerprint density at radius 1 is 1.20 bits per heavy atom. The average molecular weight is 427 g/mol. The second kappa shape index (κ2) is 6.36. The first-order valence-electron chi connectivity index (χ1n) is 10.3.